The SMILES string of the molecule is CC=Nc1ccc(S)cc1S. The Morgan fingerprint density at radius 2 is 2.09 bits per heavy atom. The first-order valence-electron chi connectivity index (χ1n) is 3.24. The molecule has 0 atom stereocenters. The molecule has 0 aliphatic rings. The van der Waals surface area contributed by atoms with Crippen LogP contribution in [0.4, 0.5) is 5.69 Å². The summed E-state index contributed by atoms with van der Waals surface area (Å²) in [5.41, 5.74) is 0.883. The highest BCUT2D eigenvalue weighted by molar-refractivity contribution is 7.81. The summed E-state index contributed by atoms with van der Waals surface area (Å²) in [5.74, 6) is 0. The van der Waals surface area contributed by atoms with Crippen molar-refractivity contribution in [2.24, 2.45) is 4.99 Å². The van der Waals surface area contributed by atoms with Crippen LogP contribution in [-0.4, -0.2) is 6.21 Å². The molecule has 0 aliphatic heterocycles. The molecular formula is C8H9NS2. The van der Waals surface area contributed by atoms with Crippen molar-refractivity contribution in [2.75, 3.05) is 0 Å². The van der Waals surface area contributed by atoms with Gasteiger partial charge in [-0.25, -0.2) is 0 Å². The normalized spacial score (nSPS) is 10.8. The third-order valence-electron chi connectivity index (χ3n) is 1.23. The standard InChI is InChI=1S/C8H9NS2/c1-2-9-7-4-3-6(10)5-8(7)11/h2-5,10-11H,1H3. The number of hydrogen-bond donors (Lipinski definition) is 2. The molecule has 1 aromatic carbocycles. The fraction of sp³-hybridized carbons (Fsp3) is 0.125. The van der Waals surface area contributed by atoms with Crippen molar-refractivity contribution in [3.05, 3.63) is 18.2 Å². The molecule has 0 aromatic heterocycles. The van der Waals surface area contributed by atoms with Crippen LogP contribution in [0.25, 0.3) is 0 Å². The first-order valence-corrected chi connectivity index (χ1v) is 4.14. The minimum Gasteiger partial charge on any atom is -0.260 e. The summed E-state index contributed by atoms with van der Waals surface area (Å²) >= 11 is 8.41. The Morgan fingerprint density at radius 1 is 1.36 bits per heavy atom. The Bertz CT molecular complexity index is 281. The van der Waals surface area contributed by atoms with E-state index in [0.29, 0.717) is 0 Å². The highest BCUT2D eigenvalue weighted by Gasteiger charge is 1.94. The van der Waals surface area contributed by atoms with Crippen LogP contribution in [0.1, 0.15) is 6.92 Å². The summed E-state index contributed by atoms with van der Waals surface area (Å²) in [7, 11) is 0. The maximum atomic E-state index is 4.24. The monoisotopic (exact) mass is 183 g/mol. The predicted molar refractivity (Wildman–Crippen MR) is 54.8 cm³/mol. The summed E-state index contributed by atoms with van der Waals surface area (Å²) < 4.78 is 0. The summed E-state index contributed by atoms with van der Waals surface area (Å²) in [6.07, 6.45) is 1.74. The van der Waals surface area contributed by atoms with Crippen molar-refractivity contribution < 1.29 is 0 Å². The summed E-state index contributed by atoms with van der Waals surface area (Å²) in [6.45, 7) is 1.88. The van der Waals surface area contributed by atoms with Gasteiger partial charge in [0.2, 0.25) is 0 Å². The van der Waals surface area contributed by atoms with Gasteiger partial charge in [0.05, 0.1) is 5.69 Å². The molecule has 0 spiro atoms. The van der Waals surface area contributed by atoms with Crippen molar-refractivity contribution in [1.82, 2.24) is 0 Å². The first kappa shape index (κ1) is 8.68. The molecule has 0 radical (unpaired) electrons. The number of thiol groups is 2. The van der Waals surface area contributed by atoms with Crippen molar-refractivity contribution in [3.8, 4) is 0 Å². The second kappa shape index (κ2) is 3.83. The Balaban J connectivity index is 3.09. The van der Waals surface area contributed by atoms with E-state index in [9.17, 15) is 0 Å². The highest BCUT2D eigenvalue weighted by atomic mass is 32.1. The van der Waals surface area contributed by atoms with E-state index in [1.54, 1.807) is 6.21 Å². The van der Waals surface area contributed by atoms with E-state index in [-0.39, 0.29) is 0 Å². The van der Waals surface area contributed by atoms with Gasteiger partial charge in [0.1, 0.15) is 0 Å². The zero-order valence-corrected chi connectivity index (χ0v) is 7.94. The van der Waals surface area contributed by atoms with Crippen LogP contribution >= 0.6 is 25.3 Å². The first-order chi connectivity index (χ1) is 5.24. The fourth-order valence-corrected chi connectivity index (χ4v) is 1.34. The third kappa shape index (κ3) is 2.27. The van der Waals surface area contributed by atoms with Crippen LogP contribution in [0.15, 0.2) is 33.0 Å². The quantitative estimate of drug-likeness (QED) is 0.490. The van der Waals surface area contributed by atoms with Gasteiger partial charge >= 0.3 is 0 Å². The highest BCUT2D eigenvalue weighted by Crippen LogP contribution is 2.24. The molecule has 3 heteroatoms. The minimum absolute atomic E-state index is 0.857. The van der Waals surface area contributed by atoms with Gasteiger partial charge in [-0.2, -0.15) is 0 Å². The lowest BCUT2D eigenvalue weighted by molar-refractivity contribution is 1.31. The molecule has 0 unspecified atom stereocenters. The summed E-state index contributed by atoms with van der Waals surface area (Å²) in [6, 6.07) is 5.66. The molecule has 0 N–H and O–H groups in total. The van der Waals surface area contributed by atoms with Crippen LogP contribution in [0.3, 0.4) is 0 Å². The number of nitrogens with zero attached hydrogens (tertiary/aromatic N) is 1. The number of rotatable bonds is 1. The van der Waals surface area contributed by atoms with E-state index in [0.717, 1.165) is 15.5 Å². The summed E-state index contributed by atoms with van der Waals surface area (Å²) in [5, 5.41) is 0. The van der Waals surface area contributed by atoms with Gasteiger partial charge in [-0.15, -0.1) is 25.3 Å². The molecule has 0 saturated heterocycles. The second-order valence-electron chi connectivity index (χ2n) is 2.06. The largest absolute Gasteiger partial charge is 0.260 e. The molecule has 1 rings (SSSR count). The van der Waals surface area contributed by atoms with Crippen LogP contribution in [0, 0.1) is 0 Å². The van der Waals surface area contributed by atoms with Gasteiger partial charge in [-0.05, 0) is 25.1 Å². The van der Waals surface area contributed by atoms with Gasteiger partial charge in [-0.3, -0.25) is 4.99 Å². The molecule has 11 heavy (non-hydrogen) atoms. The third-order valence-corrected chi connectivity index (χ3v) is 1.86. The maximum absolute atomic E-state index is 4.24. The Morgan fingerprint density at radius 3 is 2.64 bits per heavy atom. The topological polar surface area (TPSA) is 12.4 Å². The van der Waals surface area contributed by atoms with E-state index in [1.165, 1.54) is 0 Å². The predicted octanol–water partition coefficient (Wildman–Crippen LogP) is 2.99. The molecular weight excluding hydrogens is 174 g/mol. The maximum Gasteiger partial charge on any atom is 0.0759 e. The van der Waals surface area contributed by atoms with Crippen molar-refractivity contribution >= 4 is 37.2 Å². The molecule has 0 aliphatic carbocycles. The summed E-state index contributed by atoms with van der Waals surface area (Å²) in [4.78, 5) is 5.88. The van der Waals surface area contributed by atoms with Gasteiger partial charge in [-0.1, -0.05) is 0 Å². The number of hydrogen-bond acceptors (Lipinski definition) is 3. The molecule has 0 saturated carbocycles. The van der Waals surface area contributed by atoms with E-state index >= 15 is 0 Å². The zero-order valence-electron chi connectivity index (χ0n) is 6.15. The van der Waals surface area contributed by atoms with Crippen LogP contribution in [0.2, 0.25) is 0 Å². The molecule has 1 nitrogen and oxygen atoms in total. The minimum atomic E-state index is 0.857. The van der Waals surface area contributed by atoms with Crippen molar-refractivity contribution in [3.63, 3.8) is 0 Å². The van der Waals surface area contributed by atoms with Crippen LogP contribution in [-0.2, 0) is 0 Å². The van der Waals surface area contributed by atoms with Gasteiger partial charge < -0.3 is 0 Å². The Labute approximate surface area is 77.4 Å². The lowest BCUT2D eigenvalue weighted by Gasteiger charge is -1.98. The lowest BCUT2D eigenvalue weighted by Crippen LogP contribution is -1.71. The van der Waals surface area contributed by atoms with Gasteiger partial charge in [0.25, 0.3) is 0 Å². The molecule has 0 amide bonds. The number of aliphatic imine (C=N–C) groups is 1. The van der Waals surface area contributed by atoms with E-state index in [2.05, 4.69) is 30.2 Å². The fourth-order valence-electron chi connectivity index (χ4n) is 0.760. The second-order valence-corrected chi connectivity index (χ2v) is 3.06. The van der Waals surface area contributed by atoms with E-state index in [4.69, 9.17) is 0 Å². The van der Waals surface area contributed by atoms with E-state index in [1.807, 2.05) is 25.1 Å². The molecule has 0 fully saturated rings. The molecule has 0 bridgehead atoms. The Kier molecular flexibility index (Phi) is 3.02. The zero-order chi connectivity index (χ0) is 8.27. The van der Waals surface area contributed by atoms with Gasteiger partial charge in [0, 0.05) is 16.0 Å². The molecule has 0 heterocycles. The Hall–Kier alpha value is -0.410. The lowest BCUT2D eigenvalue weighted by atomic mass is 10.3. The van der Waals surface area contributed by atoms with Gasteiger partial charge in [0.15, 0.2) is 0 Å². The molecule has 58 valence electrons. The average Bonchev–Trinajstić information content (AvgIpc) is 1.95. The smallest absolute Gasteiger partial charge is 0.0759 e. The van der Waals surface area contributed by atoms with Crippen molar-refractivity contribution in [1.29, 1.82) is 0 Å². The van der Waals surface area contributed by atoms with Crippen LogP contribution < -0.4 is 0 Å². The number of benzene rings is 1. The van der Waals surface area contributed by atoms with E-state index < -0.39 is 0 Å². The average molecular weight is 183 g/mol. The van der Waals surface area contributed by atoms with Crippen molar-refractivity contribution in [2.45, 2.75) is 16.7 Å². The molecule has 1 aromatic rings. The van der Waals surface area contributed by atoms with Crippen LogP contribution in [0.5, 0.6) is 0 Å².